The van der Waals surface area contributed by atoms with Gasteiger partial charge in [-0.3, -0.25) is 14.4 Å². The Morgan fingerprint density at radius 1 is 1.53 bits per heavy atom. The molecule has 0 unspecified atom stereocenters. The molecule has 0 bridgehead atoms. The van der Waals surface area contributed by atoms with E-state index < -0.39 is 5.97 Å². The number of carbonyl (C=O) groups is 3. The van der Waals surface area contributed by atoms with E-state index in [1.165, 1.54) is 21.6 Å². The van der Waals surface area contributed by atoms with Crippen molar-refractivity contribution >= 4 is 28.9 Å². The lowest BCUT2D eigenvalue weighted by Crippen LogP contribution is -2.46. The second-order valence-electron chi connectivity index (χ2n) is 4.05. The van der Waals surface area contributed by atoms with Crippen LogP contribution in [0.3, 0.4) is 0 Å². The van der Waals surface area contributed by atoms with E-state index in [-0.39, 0.29) is 30.3 Å². The van der Waals surface area contributed by atoms with Gasteiger partial charge >= 0.3 is 5.97 Å². The summed E-state index contributed by atoms with van der Waals surface area (Å²) in [5.41, 5.74) is 0. The van der Waals surface area contributed by atoms with Gasteiger partial charge in [0.05, 0.1) is 0 Å². The van der Waals surface area contributed by atoms with E-state index in [4.69, 9.17) is 5.11 Å². The highest BCUT2D eigenvalue weighted by atomic mass is 32.2. The maximum Gasteiger partial charge on any atom is 0.323 e. The first-order valence-electron chi connectivity index (χ1n) is 5.34. The molecule has 0 atom stereocenters. The molecule has 2 amide bonds. The number of hydrogen-bond acceptors (Lipinski definition) is 4. The number of nitrogens with zero attached hydrogens (tertiary/aromatic N) is 2. The summed E-state index contributed by atoms with van der Waals surface area (Å²) in [5.74, 6) is -0.681. The summed E-state index contributed by atoms with van der Waals surface area (Å²) in [7, 11) is 0. The average molecular weight is 260 g/mol. The number of aliphatic carboxylic acids is 1. The number of hydrogen-bond donors (Lipinski definition) is 1. The summed E-state index contributed by atoms with van der Waals surface area (Å²) < 4.78 is 0. The summed E-state index contributed by atoms with van der Waals surface area (Å²) in [4.78, 5) is 36.6. The predicted octanol–water partition coefficient (Wildman–Crippen LogP) is 0.477. The maximum absolute atomic E-state index is 11.9. The van der Waals surface area contributed by atoms with Crippen LogP contribution in [0.25, 0.3) is 0 Å². The van der Waals surface area contributed by atoms with Crippen molar-refractivity contribution in [3.63, 3.8) is 0 Å². The van der Waals surface area contributed by atoms with Crippen molar-refractivity contribution in [3.05, 3.63) is 0 Å². The Hall–Kier alpha value is -1.24. The Kier molecular flexibility index (Phi) is 4.80. The van der Waals surface area contributed by atoms with Crippen LogP contribution in [0.5, 0.6) is 0 Å². The molecule has 1 rings (SSSR count). The van der Waals surface area contributed by atoms with E-state index in [0.717, 1.165) is 0 Å². The largest absolute Gasteiger partial charge is 0.480 e. The molecule has 0 radical (unpaired) electrons. The summed E-state index contributed by atoms with van der Waals surface area (Å²) in [6.07, 6.45) is 0. The number of carboxylic acids is 1. The highest BCUT2D eigenvalue weighted by molar-refractivity contribution is 8.13. The first kappa shape index (κ1) is 13.8. The van der Waals surface area contributed by atoms with Gasteiger partial charge < -0.3 is 14.9 Å². The van der Waals surface area contributed by atoms with E-state index in [2.05, 4.69) is 0 Å². The lowest BCUT2D eigenvalue weighted by atomic mass is 10.3. The minimum Gasteiger partial charge on any atom is -0.480 e. The monoisotopic (exact) mass is 260 g/mol. The standard InChI is InChI=1S/C10H16N2O4S/c1-7(2)12(6-9(14)15)8(13)5-11-3-4-17-10(11)16/h7H,3-6H2,1-2H3,(H,14,15). The summed E-state index contributed by atoms with van der Waals surface area (Å²) in [6, 6.07) is -0.191. The van der Waals surface area contributed by atoms with Crippen LogP contribution in [0.15, 0.2) is 0 Å². The first-order chi connectivity index (χ1) is 7.91. The molecule has 7 heteroatoms. The van der Waals surface area contributed by atoms with Gasteiger partial charge in [0.15, 0.2) is 0 Å². The Balaban J connectivity index is 2.58. The van der Waals surface area contributed by atoms with Crippen molar-refractivity contribution in [2.75, 3.05) is 25.4 Å². The summed E-state index contributed by atoms with van der Waals surface area (Å²) >= 11 is 1.18. The third-order valence-electron chi connectivity index (χ3n) is 2.42. The Morgan fingerprint density at radius 2 is 2.18 bits per heavy atom. The molecule has 0 saturated carbocycles. The van der Waals surface area contributed by atoms with Crippen molar-refractivity contribution in [1.29, 1.82) is 0 Å². The molecule has 1 aliphatic rings. The molecular formula is C10H16N2O4S. The van der Waals surface area contributed by atoms with Crippen LogP contribution in [-0.2, 0) is 9.59 Å². The molecule has 6 nitrogen and oxygen atoms in total. The molecule has 0 aromatic heterocycles. The van der Waals surface area contributed by atoms with Crippen LogP contribution >= 0.6 is 11.8 Å². The number of amides is 2. The van der Waals surface area contributed by atoms with Crippen molar-refractivity contribution < 1.29 is 19.5 Å². The molecule has 17 heavy (non-hydrogen) atoms. The zero-order valence-corrected chi connectivity index (χ0v) is 10.7. The highest BCUT2D eigenvalue weighted by Gasteiger charge is 2.27. The van der Waals surface area contributed by atoms with Gasteiger partial charge in [-0.1, -0.05) is 11.8 Å². The zero-order valence-electron chi connectivity index (χ0n) is 9.88. The molecule has 96 valence electrons. The average Bonchev–Trinajstić information content (AvgIpc) is 2.60. The van der Waals surface area contributed by atoms with Gasteiger partial charge in [0.1, 0.15) is 13.1 Å². The molecule has 0 aromatic rings. The van der Waals surface area contributed by atoms with E-state index >= 15 is 0 Å². The van der Waals surface area contributed by atoms with Crippen LogP contribution in [0, 0.1) is 0 Å². The zero-order chi connectivity index (χ0) is 13.0. The Morgan fingerprint density at radius 3 is 2.59 bits per heavy atom. The molecule has 1 heterocycles. The van der Waals surface area contributed by atoms with Gasteiger partial charge in [0.25, 0.3) is 5.24 Å². The second-order valence-corrected chi connectivity index (χ2v) is 5.09. The Bertz CT molecular complexity index is 332. The van der Waals surface area contributed by atoms with Gasteiger partial charge in [-0.05, 0) is 13.8 Å². The van der Waals surface area contributed by atoms with Gasteiger partial charge in [-0.15, -0.1) is 0 Å². The lowest BCUT2D eigenvalue weighted by molar-refractivity contribution is -0.145. The molecule has 0 aromatic carbocycles. The van der Waals surface area contributed by atoms with E-state index in [1.807, 2.05) is 0 Å². The number of carboxylic acid groups (broad SMARTS) is 1. The molecule has 0 aliphatic carbocycles. The van der Waals surface area contributed by atoms with E-state index in [1.54, 1.807) is 13.8 Å². The van der Waals surface area contributed by atoms with Crippen molar-refractivity contribution in [3.8, 4) is 0 Å². The highest BCUT2D eigenvalue weighted by Crippen LogP contribution is 2.17. The number of thioether (sulfide) groups is 1. The fourth-order valence-electron chi connectivity index (χ4n) is 1.53. The second kappa shape index (κ2) is 5.90. The SMILES string of the molecule is CC(C)N(CC(=O)O)C(=O)CN1CCSC1=O. The lowest BCUT2D eigenvalue weighted by Gasteiger charge is -2.26. The minimum atomic E-state index is -1.05. The quantitative estimate of drug-likeness (QED) is 0.777. The molecular weight excluding hydrogens is 244 g/mol. The van der Waals surface area contributed by atoms with Crippen molar-refractivity contribution in [2.24, 2.45) is 0 Å². The van der Waals surface area contributed by atoms with Crippen LogP contribution in [-0.4, -0.2) is 63.5 Å². The number of carbonyl (C=O) groups excluding carboxylic acids is 2. The predicted molar refractivity (Wildman–Crippen MR) is 63.9 cm³/mol. The molecule has 0 spiro atoms. The van der Waals surface area contributed by atoms with Crippen molar-refractivity contribution in [1.82, 2.24) is 9.80 Å². The first-order valence-corrected chi connectivity index (χ1v) is 6.33. The molecule has 1 N–H and O–H groups in total. The van der Waals surface area contributed by atoms with E-state index in [0.29, 0.717) is 12.3 Å². The fourth-order valence-corrected chi connectivity index (χ4v) is 2.35. The summed E-state index contributed by atoms with van der Waals surface area (Å²) in [6.45, 7) is 3.69. The van der Waals surface area contributed by atoms with Gasteiger partial charge in [-0.2, -0.15) is 0 Å². The minimum absolute atomic E-state index is 0.0305. The molecule has 1 aliphatic heterocycles. The van der Waals surface area contributed by atoms with Gasteiger partial charge in [-0.25, -0.2) is 0 Å². The molecule has 1 saturated heterocycles. The van der Waals surface area contributed by atoms with Crippen LogP contribution < -0.4 is 0 Å². The third-order valence-corrected chi connectivity index (χ3v) is 3.31. The topological polar surface area (TPSA) is 77.9 Å². The third kappa shape index (κ3) is 3.92. The van der Waals surface area contributed by atoms with Gasteiger partial charge in [0, 0.05) is 18.3 Å². The summed E-state index contributed by atoms with van der Waals surface area (Å²) in [5, 5.41) is 8.60. The van der Waals surface area contributed by atoms with Crippen LogP contribution in [0.1, 0.15) is 13.8 Å². The Labute approximate surface area is 104 Å². The fraction of sp³-hybridized carbons (Fsp3) is 0.700. The van der Waals surface area contributed by atoms with E-state index in [9.17, 15) is 14.4 Å². The van der Waals surface area contributed by atoms with Crippen LogP contribution in [0.2, 0.25) is 0 Å². The van der Waals surface area contributed by atoms with Gasteiger partial charge in [0.2, 0.25) is 5.91 Å². The van der Waals surface area contributed by atoms with Crippen molar-refractivity contribution in [2.45, 2.75) is 19.9 Å². The molecule has 1 fully saturated rings. The number of rotatable bonds is 5. The normalized spacial score (nSPS) is 15.5. The van der Waals surface area contributed by atoms with Crippen LogP contribution in [0.4, 0.5) is 4.79 Å². The maximum atomic E-state index is 11.9. The smallest absolute Gasteiger partial charge is 0.323 e.